The maximum absolute atomic E-state index is 13.5. The Morgan fingerprint density at radius 1 is 1.12 bits per heavy atom. The molecule has 7 heteroatoms. The molecule has 1 amide bonds. The molecule has 1 saturated heterocycles. The van der Waals surface area contributed by atoms with Gasteiger partial charge in [-0.2, -0.15) is 0 Å². The molecular formula is C27H32FN5O. The maximum Gasteiger partial charge on any atom is 0.225 e. The van der Waals surface area contributed by atoms with Crippen LogP contribution in [-0.2, 0) is 11.3 Å². The van der Waals surface area contributed by atoms with Gasteiger partial charge >= 0.3 is 0 Å². The smallest absolute Gasteiger partial charge is 0.225 e. The van der Waals surface area contributed by atoms with Crippen LogP contribution in [0.3, 0.4) is 0 Å². The first-order valence-electron chi connectivity index (χ1n) is 11.9. The van der Waals surface area contributed by atoms with Gasteiger partial charge in [0.05, 0.1) is 5.92 Å². The van der Waals surface area contributed by atoms with Crippen LogP contribution in [0, 0.1) is 11.7 Å². The molecule has 0 radical (unpaired) electrons. The zero-order valence-corrected chi connectivity index (χ0v) is 19.7. The van der Waals surface area contributed by atoms with Crippen molar-refractivity contribution in [2.45, 2.75) is 25.8 Å². The Bertz CT molecular complexity index is 1060. The van der Waals surface area contributed by atoms with E-state index in [1.54, 1.807) is 18.5 Å². The van der Waals surface area contributed by atoms with Gasteiger partial charge in [-0.05, 0) is 56.1 Å². The second kappa shape index (κ2) is 11.7. The minimum Gasteiger partial charge on any atom is -0.356 e. The topological polar surface area (TPSA) is 61.4 Å². The lowest BCUT2D eigenvalue weighted by Crippen LogP contribution is -2.44. The van der Waals surface area contributed by atoms with Gasteiger partial charge < -0.3 is 15.1 Å². The van der Waals surface area contributed by atoms with Crippen molar-refractivity contribution in [2.24, 2.45) is 5.92 Å². The van der Waals surface area contributed by atoms with Gasteiger partial charge in [-0.15, -0.1) is 0 Å². The molecule has 4 rings (SSSR count). The van der Waals surface area contributed by atoms with Crippen molar-refractivity contribution in [1.82, 2.24) is 20.2 Å². The standard InChI is InChI=1S/C27H32FN5O/c1-32(19-21-8-3-2-4-9-21)14-7-13-29-26(34)23-11-6-15-33(20-23)27-30-17-24(18-31-27)22-10-5-12-25(28)16-22/h2-5,8-10,12,16-18,23H,6-7,11,13-15,19-20H2,1H3,(H,29,34)/t23-/m1/s1. The van der Waals surface area contributed by atoms with Crippen molar-refractivity contribution in [3.05, 3.63) is 78.4 Å². The van der Waals surface area contributed by atoms with Crippen molar-refractivity contribution < 1.29 is 9.18 Å². The summed E-state index contributed by atoms with van der Waals surface area (Å²) in [4.78, 5) is 26.1. The lowest BCUT2D eigenvalue weighted by atomic mass is 9.97. The van der Waals surface area contributed by atoms with Gasteiger partial charge in [0.15, 0.2) is 0 Å². The van der Waals surface area contributed by atoms with Crippen LogP contribution in [-0.4, -0.2) is 54.0 Å². The highest BCUT2D eigenvalue weighted by Crippen LogP contribution is 2.23. The summed E-state index contributed by atoms with van der Waals surface area (Å²) in [7, 11) is 2.10. The van der Waals surface area contributed by atoms with Crippen LogP contribution in [0.1, 0.15) is 24.8 Å². The molecule has 1 aromatic heterocycles. The van der Waals surface area contributed by atoms with E-state index in [4.69, 9.17) is 0 Å². The molecule has 0 unspecified atom stereocenters. The number of hydrogen-bond acceptors (Lipinski definition) is 5. The summed E-state index contributed by atoms with van der Waals surface area (Å²) in [5, 5.41) is 3.11. The summed E-state index contributed by atoms with van der Waals surface area (Å²) in [5.41, 5.74) is 2.81. The molecule has 2 aromatic carbocycles. The number of anilines is 1. The van der Waals surface area contributed by atoms with E-state index in [2.05, 4.69) is 56.4 Å². The van der Waals surface area contributed by atoms with E-state index in [1.165, 1.54) is 17.7 Å². The highest BCUT2D eigenvalue weighted by molar-refractivity contribution is 5.79. The second-order valence-electron chi connectivity index (χ2n) is 8.94. The third-order valence-corrected chi connectivity index (χ3v) is 6.18. The zero-order valence-electron chi connectivity index (χ0n) is 19.7. The molecule has 34 heavy (non-hydrogen) atoms. The van der Waals surface area contributed by atoms with E-state index in [0.29, 0.717) is 19.0 Å². The van der Waals surface area contributed by atoms with Gasteiger partial charge in [0.2, 0.25) is 11.9 Å². The minimum atomic E-state index is -0.283. The number of carbonyl (C=O) groups is 1. The summed E-state index contributed by atoms with van der Waals surface area (Å²) < 4.78 is 13.5. The van der Waals surface area contributed by atoms with Crippen molar-refractivity contribution in [2.75, 3.05) is 38.1 Å². The number of aromatic nitrogens is 2. The molecule has 1 aliphatic heterocycles. The Morgan fingerprint density at radius 3 is 2.68 bits per heavy atom. The van der Waals surface area contributed by atoms with Crippen LogP contribution >= 0.6 is 0 Å². The predicted octanol–water partition coefficient (Wildman–Crippen LogP) is 4.14. The molecule has 0 bridgehead atoms. The summed E-state index contributed by atoms with van der Waals surface area (Å²) in [5.74, 6) is 0.364. The first-order valence-corrected chi connectivity index (χ1v) is 11.9. The lowest BCUT2D eigenvalue weighted by Gasteiger charge is -2.32. The first kappa shape index (κ1) is 23.8. The van der Waals surface area contributed by atoms with E-state index in [-0.39, 0.29) is 17.6 Å². The fraction of sp³-hybridized carbons (Fsp3) is 0.370. The summed E-state index contributed by atoms with van der Waals surface area (Å²) >= 11 is 0. The number of nitrogens with zero attached hydrogens (tertiary/aromatic N) is 4. The third-order valence-electron chi connectivity index (χ3n) is 6.18. The number of rotatable bonds is 9. The Kier molecular flexibility index (Phi) is 8.20. The molecule has 3 aromatic rings. The fourth-order valence-corrected chi connectivity index (χ4v) is 4.35. The molecule has 6 nitrogen and oxygen atoms in total. The molecule has 1 N–H and O–H groups in total. The molecule has 0 spiro atoms. The van der Waals surface area contributed by atoms with Gasteiger partial charge in [-0.25, -0.2) is 14.4 Å². The maximum atomic E-state index is 13.5. The molecule has 178 valence electrons. The monoisotopic (exact) mass is 461 g/mol. The Morgan fingerprint density at radius 2 is 1.91 bits per heavy atom. The van der Waals surface area contributed by atoms with Crippen LogP contribution < -0.4 is 10.2 Å². The van der Waals surface area contributed by atoms with Gasteiger partial charge in [0.25, 0.3) is 0 Å². The van der Waals surface area contributed by atoms with Crippen molar-refractivity contribution >= 4 is 11.9 Å². The van der Waals surface area contributed by atoms with E-state index in [9.17, 15) is 9.18 Å². The summed E-state index contributed by atoms with van der Waals surface area (Å²) in [6.45, 7) is 3.95. The Hall–Kier alpha value is -3.32. The van der Waals surface area contributed by atoms with E-state index in [1.807, 2.05) is 12.1 Å². The van der Waals surface area contributed by atoms with Crippen LogP contribution in [0.15, 0.2) is 67.0 Å². The molecule has 1 aliphatic rings. The highest BCUT2D eigenvalue weighted by atomic mass is 19.1. The molecular weight excluding hydrogens is 429 g/mol. The van der Waals surface area contributed by atoms with Crippen LogP contribution in [0.2, 0.25) is 0 Å². The second-order valence-corrected chi connectivity index (χ2v) is 8.94. The van der Waals surface area contributed by atoms with Crippen molar-refractivity contribution in [1.29, 1.82) is 0 Å². The molecule has 1 atom stereocenters. The van der Waals surface area contributed by atoms with Gasteiger partial charge in [-0.1, -0.05) is 42.5 Å². The Balaban J connectivity index is 1.22. The highest BCUT2D eigenvalue weighted by Gasteiger charge is 2.27. The largest absolute Gasteiger partial charge is 0.356 e. The fourth-order valence-electron chi connectivity index (χ4n) is 4.35. The average Bonchev–Trinajstić information content (AvgIpc) is 2.87. The number of nitrogens with one attached hydrogen (secondary N) is 1. The zero-order chi connectivity index (χ0) is 23.8. The number of halogens is 1. The van der Waals surface area contributed by atoms with Gasteiger partial charge in [0.1, 0.15) is 5.82 Å². The van der Waals surface area contributed by atoms with Gasteiger partial charge in [0, 0.05) is 44.1 Å². The van der Waals surface area contributed by atoms with Crippen molar-refractivity contribution in [3.63, 3.8) is 0 Å². The number of hydrogen-bond donors (Lipinski definition) is 1. The summed E-state index contributed by atoms with van der Waals surface area (Å²) in [6.07, 6.45) is 6.14. The summed E-state index contributed by atoms with van der Waals surface area (Å²) in [6, 6.07) is 16.8. The third kappa shape index (κ3) is 6.60. The predicted molar refractivity (Wildman–Crippen MR) is 133 cm³/mol. The van der Waals surface area contributed by atoms with E-state index >= 15 is 0 Å². The quantitative estimate of drug-likeness (QED) is 0.486. The SMILES string of the molecule is CN(CCCNC(=O)[C@@H]1CCCN(c2ncc(-c3cccc(F)c3)cn2)C1)Cc1ccccc1. The van der Waals surface area contributed by atoms with Crippen LogP contribution in [0.25, 0.3) is 11.1 Å². The van der Waals surface area contributed by atoms with E-state index < -0.39 is 0 Å². The minimum absolute atomic E-state index is 0.0673. The lowest BCUT2D eigenvalue weighted by molar-refractivity contribution is -0.125. The van der Waals surface area contributed by atoms with E-state index in [0.717, 1.165) is 50.0 Å². The molecule has 0 saturated carbocycles. The first-order chi connectivity index (χ1) is 16.6. The van der Waals surface area contributed by atoms with Crippen LogP contribution in [0.5, 0.6) is 0 Å². The number of piperidine rings is 1. The number of amides is 1. The molecule has 0 aliphatic carbocycles. The normalized spacial score (nSPS) is 16.0. The number of carbonyl (C=O) groups excluding carboxylic acids is 1. The van der Waals surface area contributed by atoms with Crippen molar-refractivity contribution in [3.8, 4) is 11.1 Å². The molecule has 1 fully saturated rings. The average molecular weight is 462 g/mol. The number of benzene rings is 2. The van der Waals surface area contributed by atoms with Crippen LogP contribution in [0.4, 0.5) is 10.3 Å². The molecule has 2 heterocycles. The van der Waals surface area contributed by atoms with Gasteiger partial charge in [-0.3, -0.25) is 4.79 Å². The Labute approximate surface area is 200 Å².